The van der Waals surface area contributed by atoms with Gasteiger partial charge in [0, 0.05) is 30.4 Å². The summed E-state index contributed by atoms with van der Waals surface area (Å²) in [4.78, 5) is 24.6. The monoisotopic (exact) mass is 440 g/mol. The molecule has 2 aromatic carbocycles. The van der Waals surface area contributed by atoms with E-state index in [0.717, 1.165) is 34.6 Å². The Morgan fingerprint density at radius 3 is 2.70 bits per heavy atom. The van der Waals surface area contributed by atoms with E-state index in [2.05, 4.69) is 15.3 Å². The molecule has 0 spiro atoms. The van der Waals surface area contributed by atoms with Gasteiger partial charge in [0.1, 0.15) is 6.61 Å². The second-order valence-electron chi connectivity index (χ2n) is 7.72. The summed E-state index contributed by atoms with van der Waals surface area (Å²) in [5.74, 6) is 1.83. The fourth-order valence-corrected chi connectivity index (χ4v) is 3.85. The van der Waals surface area contributed by atoms with Gasteiger partial charge in [-0.15, -0.1) is 0 Å². The number of aromatic amines is 1. The number of nitrogens with zero attached hydrogens (tertiary/aromatic N) is 2. The Kier molecular flexibility index (Phi) is 5.76. The molecule has 0 fully saturated rings. The van der Waals surface area contributed by atoms with Gasteiger partial charge in [-0.2, -0.15) is 0 Å². The molecule has 33 heavy (non-hydrogen) atoms. The van der Waals surface area contributed by atoms with Gasteiger partial charge in [-0.3, -0.25) is 4.79 Å². The highest BCUT2D eigenvalue weighted by atomic mass is 16.5. The zero-order valence-electron chi connectivity index (χ0n) is 18.3. The number of H-pyrrole nitrogens is 1. The zero-order valence-corrected chi connectivity index (χ0v) is 18.3. The second kappa shape index (κ2) is 9.16. The van der Waals surface area contributed by atoms with Crippen LogP contribution in [0.2, 0.25) is 0 Å². The maximum atomic E-state index is 12.1. The summed E-state index contributed by atoms with van der Waals surface area (Å²) in [6.07, 6.45) is 2.50. The van der Waals surface area contributed by atoms with Crippen molar-refractivity contribution >= 4 is 5.91 Å². The molecular weight excluding hydrogens is 416 g/mol. The number of benzene rings is 2. The molecule has 1 aliphatic heterocycles. The average Bonchev–Trinajstić information content (AvgIpc) is 3.30. The van der Waals surface area contributed by atoms with E-state index in [9.17, 15) is 4.79 Å². The molecule has 7 nitrogen and oxygen atoms in total. The molecule has 2 N–H and O–H groups in total. The molecule has 2 aromatic heterocycles. The molecule has 7 heteroatoms. The number of amides is 1. The van der Waals surface area contributed by atoms with Crippen LogP contribution in [0.4, 0.5) is 0 Å². The quantitative estimate of drug-likeness (QED) is 0.445. The SMILES string of the molecule is CCOc1cc(-c2nccc(-c3cc4c([nH]3)CCNC4=O)n2)ccc1OCc1ccccc1. The van der Waals surface area contributed by atoms with Gasteiger partial charge in [-0.25, -0.2) is 9.97 Å². The Labute approximate surface area is 191 Å². The number of rotatable bonds is 7. The minimum Gasteiger partial charge on any atom is -0.490 e. The number of carbonyl (C=O) groups is 1. The first-order chi connectivity index (χ1) is 16.2. The van der Waals surface area contributed by atoms with E-state index >= 15 is 0 Å². The molecule has 0 radical (unpaired) electrons. The van der Waals surface area contributed by atoms with Crippen molar-refractivity contribution in [3.63, 3.8) is 0 Å². The summed E-state index contributed by atoms with van der Waals surface area (Å²) in [6.45, 7) is 3.55. The van der Waals surface area contributed by atoms with E-state index in [4.69, 9.17) is 14.5 Å². The number of ether oxygens (including phenoxy) is 2. The lowest BCUT2D eigenvalue weighted by Crippen LogP contribution is -2.31. The standard InChI is InChI=1S/C26H24N4O3/c1-2-32-24-14-18(8-9-23(24)33-16-17-6-4-3-5-7-17)25-27-12-11-21(30-25)22-15-19-20(29-22)10-13-28-26(19)31/h3-9,11-12,14-15,29H,2,10,13,16H2,1H3,(H,28,31). The maximum absolute atomic E-state index is 12.1. The number of carbonyl (C=O) groups excluding carboxylic acids is 1. The van der Waals surface area contributed by atoms with Crippen LogP contribution in [0.1, 0.15) is 28.5 Å². The van der Waals surface area contributed by atoms with Gasteiger partial charge in [0.2, 0.25) is 0 Å². The van der Waals surface area contributed by atoms with E-state index in [1.165, 1.54) is 0 Å². The number of hydrogen-bond donors (Lipinski definition) is 2. The van der Waals surface area contributed by atoms with Gasteiger partial charge < -0.3 is 19.8 Å². The van der Waals surface area contributed by atoms with Crippen LogP contribution in [0, 0.1) is 0 Å². The van der Waals surface area contributed by atoms with Crippen molar-refractivity contribution < 1.29 is 14.3 Å². The van der Waals surface area contributed by atoms with Gasteiger partial charge >= 0.3 is 0 Å². The fourth-order valence-electron chi connectivity index (χ4n) is 3.85. The lowest BCUT2D eigenvalue weighted by molar-refractivity contribution is 0.0946. The molecule has 0 unspecified atom stereocenters. The van der Waals surface area contributed by atoms with Gasteiger partial charge in [-0.05, 0) is 42.8 Å². The van der Waals surface area contributed by atoms with E-state index in [-0.39, 0.29) is 5.91 Å². The van der Waals surface area contributed by atoms with Gasteiger partial charge in [0.25, 0.3) is 5.91 Å². The third kappa shape index (κ3) is 4.43. The topological polar surface area (TPSA) is 89.1 Å². The molecule has 5 rings (SSSR count). The summed E-state index contributed by atoms with van der Waals surface area (Å²) in [6, 6.07) is 19.4. The minimum atomic E-state index is -0.0551. The molecule has 1 aliphatic rings. The Hall–Kier alpha value is -4.13. The molecule has 1 amide bonds. The third-order valence-electron chi connectivity index (χ3n) is 5.47. The van der Waals surface area contributed by atoms with Crippen molar-refractivity contribution in [1.82, 2.24) is 20.3 Å². The maximum Gasteiger partial charge on any atom is 0.253 e. The smallest absolute Gasteiger partial charge is 0.253 e. The number of aromatic nitrogens is 3. The molecule has 0 saturated carbocycles. The number of nitrogens with one attached hydrogen (secondary N) is 2. The number of fused-ring (bicyclic) bond motifs is 1. The molecule has 166 valence electrons. The predicted octanol–water partition coefficient (Wildman–Crippen LogP) is 4.40. The molecule has 3 heterocycles. The first kappa shape index (κ1) is 20.8. The second-order valence-corrected chi connectivity index (χ2v) is 7.72. The fraction of sp³-hybridized carbons (Fsp3) is 0.192. The van der Waals surface area contributed by atoms with E-state index in [1.807, 2.05) is 67.6 Å². The summed E-state index contributed by atoms with van der Waals surface area (Å²) in [5, 5.41) is 2.87. The summed E-state index contributed by atoms with van der Waals surface area (Å²) in [5.41, 5.74) is 5.05. The molecule has 0 aliphatic carbocycles. The van der Waals surface area contributed by atoms with Crippen LogP contribution in [0.15, 0.2) is 66.9 Å². The Bertz CT molecular complexity index is 1280. The van der Waals surface area contributed by atoms with Crippen LogP contribution in [0.5, 0.6) is 11.5 Å². The Morgan fingerprint density at radius 2 is 1.88 bits per heavy atom. The van der Waals surface area contributed by atoms with Gasteiger partial charge in [-0.1, -0.05) is 30.3 Å². The molecule has 0 bridgehead atoms. The third-order valence-corrected chi connectivity index (χ3v) is 5.47. The lowest BCUT2D eigenvalue weighted by Gasteiger charge is -2.13. The van der Waals surface area contributed by atoms with Gasteiger partial charge in [0.05, 0.1) is 23.6 Å². The minimum absolute atomic E-state index is 0.0551. The lowest BCUT2D eigenvalue weighted by atomic mass is 10.1. The first-order valence-corrected chi connectivity index (χ1v) is 11.0. The first-order valence-electron chi connectivity index (χ1n) is 11.0. The summed E-state index contributed by atoms with van der Waals surface area (Å²) < 4.78 is 11.8. The van der Waals surface area contributed by atoms with Crippen molar-refractivity contribution in [3.05, 3.63) is 83.7 Å². The predicted molar refractivity (Wildman–Crippen MR) is 125 cm³/mol. The largest absolute Gasteiger partial charge is 0.490 e. The summed E-state index contributed by atoms with van der Waals surface area (Å²) in [7, 11) is 0. The highest BCUT2D eigenvalue weighted by Crippen LogP contribution is 2.33. The van der Waals surface area contributed by atoms with Crippen LogP contribution in [-0.4, -0.2) is 34.0 Å². The molecule has 0 atom stereocenters. The molecule has 4 aromatic rings. The van der Waals surface area contributed by atoms with Crippen molar-refractivity contribution in [2.45, 2.75) is 20.0 Å². The Morgan fingerprint density at radius 1 is 1.00 bits per heavy atom. The normalized spacial score (nSPS) is 12.7. The van der Waals surface area contributed by atoms with E-state index < -0.39 is 0 Å². The highest BCUT2D eigenvalue weighted by molar-refractivity contribution is 5.97. The van der Waals surface area contributed by atoms with Crippen molar-refractivity contribution in [2.75, 3.05) is 13.2 Å². The van der Waals surface area contributed by atoms with Crippen molar-refractivity contribution in [3.8, 4) is 34.3 Å². The molecule has 0 saturated heterocycles. The van der Waals surface area contributed by atoms with Crippen LogP contribution in [0.25, 0.3) is 22.8 Å². The average molecular weight is 441 g/mol. The van der Waals surface area contributed by atoms with Crippen molar-refractivity contribution in [1.29, 1.82) is 0 Å². The molecular formula is C26H24N4O3. The van der Waals surface area contributed by atoms with E-state index in [1.54, 1.807) is 6.20 Å². The number of hydrogen-bond acceptors (Lipinski definition) is 5. The van der Waals surface area contributed by atoms with E-state index in [0.29, 0.717) is 42.6 Å². The Balaban J connectivity index is 1.42. The highest BCUT2D eigenvalue weighted by Gasteiger charge is 2.20. The van der Waals surface area contributed by atoms with Crippen LogP contribution >= 0.6 is 0 Å². The van der Waals surface area contributed by atoms with Crippen LogP contribution < -0.4 is 14.8 Å². The zero-order chi connectivity index (χ0) is 22.6. The summed E-state index contributed by atoms with van der Waals surface area (Å²) >= 11 is 0. The van der Waals surface area contributed by atoms with Gasteiger partial charge in [0.15, 0.2) is 17.3 Å². The van der Waals surface area contributed by atoms with Crippen LogP contribution in [-0.2, 0) is 13.0 Å². The van der Waals surface area contributed by atoms with Crippen molar-refractivity contribution in [2.24, 2.45) is 0 Å². The van der Waals surface area contributed by atoms with Crippen LogP contribution in [0.3, 0.4) is 0 Å².